The molecule has 0 aliphatic carbocycles. The average molecular weight is 1970 g/mol. The van der Waals surface area contributed by atoms with E-state index in [0.717, 1.165) is 66.9 Å². The highest BCUT2D eigenvalue weighted by molar-refractivity contribution is 7.94. The molecule has 7 aromatic rings. The molecule has 26 nitrogen and oxygen atoms in total. The van der Waals surface area contributed by atoms with Crippen LogP contribution in [0.4, 0.5) is 84.7 Å². The highest BCUT2D eigenvalue weighted by Crippen LogP contribution is 2.45. The SMILES string of the molecule is COc1cccc(S(=O)(=O)C(F)(F)/C(F)=C/CN)c1.CS(=O)(=O)c1ccc(COc2ccccc2S(=O)(=O)C(F)(F)/C(F)=C/CN)cc1.NC/C=C(\F)C(F)(F)S(=O)(=O)Cc1ccccc1.NC/C=C(\F)C(F)(F)S(=O)(=O)c1ccccc1.NC/C=C(\F)C(F)(F)S(=O)(=O)c1ccccc1N1CCS(=O)(=O)CC1.NC/C=C(\F)C(F)(F)S(=O)(=O)c1ccccc1O. The van der Waals surface area contributed by atoms with E-state index in [0.29, 0.717) is 29.9 Å². The lowest BCUT2D eigenvalue weighted by Crippen LogP contribution is -2.41. The lowest BCUT2D eigenvalue weighted by molar-refractivity contribution is 0.105. The summed E-state index contributed by atoms with van der Waals surface area (Å²) in [5, 5.41) is -18.9. The number of halogens is 18. The van der Waals surface area contributed by atoms with Crippen molar-refractivity contribution in [3.63, 3.8) is 0 Å². The Kier molecular flexibility index (Phi) is 40.2. The fourth-order valence-electron chi connectivity index (χ4n) is 9.46. The summed E-state index contributed by atoms with van der Waals surface area (Å²) in [4.78, 5) is -2.63. The van der Waals surface area contributed by atoms with Crippen molar-refractivity contribution in [3.05, 3.63) is 265 Å². The lowest BCUT2D eigenvalue weighted by atomic mass is 10.2. The number of nitrogens with zero attached hydrogens (tertiary/aromatic N) is 1. The van der Waals surface area contributed by atoms with Gasteiger partial charge in [0.1, 0.15) is 33.6 Å². The molecule has 698 valence electrons. The third-order valence-corrected chi connectivity index (χ3v) is 29.3. The van der Waals surface area contributed by atoms with Gasteiger partial charge >= 0.3 is 31.5 Å². The summed E-state index contributed by atoms with van der Waals surface area (Å²) in [5.74, 6) is -15.3. The quantitative estimate of drug-likeness (QED) is 0.0198. The van der Waals surface area contributed by atoms with Crippen LogP contribution >= 0.6 is 0 Å². The first-order chi connectivity index (χ1) is 58.1. The molecule has 0 radical (unpaired) electrons. The molecule has 0 unspecified atom stereocenters. The van der Waals surface area contributed by atoms with Gasteiger partial charge in [-0.1, -0.05) is 103 Å². The third kappa shape index (κ3) is 27.4. The van der Waals surface area contributed by atoms with Gasteiger partial charge in [-0.2, -0.15) is 52.7 Å². The van der Waals surface area contributed by atoms with Crippen molar-refractivity contribution in [3.8, 4) is 17.2 Å². The zero-order chi connectivity index (χ0) is 96.3. The van der Waals surface area contributed by atoms with Gasteiger partial charge in [0.15, 0.2) is 54.6 Å². The van der Waals surface area contributed by atoms with Crippen LogP contribution in [0.1, 0.15) is 11.1 Å². The Labute approximate surface area is 712 Å². The molecule has 0 amide bonds. The summed E-state index contributed by atoms with van der Waals surface area (Å²) in [5.41, 5.74) is 30.0. The topological polar surface area (TPSA) is 471 Å². The second-order valence-electron chi connectivity index (χ2n) is 24.8. The van der Waals surface area contributed by atoms with E-state index in [-0.39, 0.29) is 65.2 Å². The number of phenolic OH excluding ortho intramolecular Hbond substituents is 1. The van der Waals surface area contributed by atoms with E-state index in [1.54, 1.807) is 6.07 Å². The van der Waals surface area contributed by atoms with Gasteiger partial charge in [-0.15, -0.1) is 0 Å². The van der Waals surface area contributed by atoms with Crippen molar-refractivity contribution >= 4 is 84.4 Å². The fraction of sp³-hybridized carbons (Fsp3) is 0.270. The maximum Gasteiger partial charge on any atom is 0.400 e. The molecule has 1 aliphatic heterocycles. The summed E-state index contributed by atoms with van der Waals surface area (Å²) < 4.78 is 442. The van der Waals surface area contributed by atoms with Crippen molar-refractivity contribution in [2.75, 3.05) is 82.1 Å². The van der Waals surface area contributed by atoms with Crippen LogP contribution < -0.4 is 48.8 Å². The van der Waals surface area contributed by atoms with Crippen LogP contribution in [0.15, 0.2) is 283 Å². The monoisotopic (exact) mass is 1970 g/mol. The molecule has 1 heterocycles. The van der Waals surface area contributed by atoms with E-state index < -0.39 is 226 Å². The zero-order valence-electron chi connectivity index (χ0n) is 65.0. The number of hydrogen-bond acceptors (Lipinski definition) is 26. The zero-order valence-corrected chi connectivity index (χ0v) is 71.6. The van der Waals surface area contributed by atoms with Gasteiger partial charge in [0.25, 0.3) is 49.2 Å². The number of rotatable bonds is 31. The first-order valence-corrected chi connectivity index (χ1v) is 47.5. The normalized spacial score (nSPS) is 14.6. The van der Waals surface area contributed by atoms with Crippen LogP contribution in [0.25, 0.3) is 0 Å². The van der Waals surface area contributed by atoms with Crippen molar-refractivity contribution < 1.29 is 161 Å². The predicted molar refractivity (Wildman–Crippen MR) is 429 cm³/mol. The number of hydrogen-bond donors (Lipinski definition) is 7. The summed E-state index contributed by atoms with van der Waals surface area (Å²) in [7, 11) is -36.9. The number of phenols is 1. The van der Waals surface area contributed by atoms with Gasteiger partial charge in [-0.3, -0.25) is 0 Å². The minimum atomic E-state index is -5.46. The molecule has 8 rings (SSSR count). The molecule has 13 N–H and O–H groups in total. The van der Waals surface area contributed by atoms with E-state index in [1.807, 2.05) is 0 Å². The number of ether oxygens (including phenoxy) is 2. The fourth-order valence-corrected chi connectivity index (χ4v) is 18.6. The molecule has 1 fully saturated rings. The van der Waals surface area contributed by atoms with Gasteiger partial charge in [-0.25, -0.2) is 93.7 Å². The smallest absolute Gasteiger partial charge is 0.400 e. The second-order valence-corrected chi connectivity index (χ2v) is 41.0. The standard InChI is InChI=1S/C18H18F3NO5S2.C14H17F3N2O4S2.C11H12F3NO3S.C11H12F3NO2S.C10H10F3NO3S.C10H10F3NO2S/c1-28(23,24)14-8-6-13(7-9-14)12-27-15-4-2-3-5-16(15)29(25,26)18(20,21)17(19)10-11-22;15-13(5-6-18)14(16,17)25(22,23)12-4-2-1-3-11(12)19-7-9-24(20,21)10-8-19;1-18-8-3-2-4-9(7-8)19(16,17)11(13,14)10(12)5-6-15;12-10(6-7-15)11(13,14)18(16,17)8-9-4-2-1-3-5-9;11-9(5-6-14)10(12,13)18(16,17)8-4-2-1-3-7(8)15;11-9(6-7-14)10(12,13)17(15,16)8-4-2-1-3-5-8/h2-10H,11-12,22H2,1H3;1-5H,6-10,18H2;2-5,7H,6,15H2,1H3;1-6H,7-8,15H2;1-5,15H,6,14H2;1-6H,7,14H2/b17-10-;13-5-;10-5-;10-6-;9-5-;9-6-. The maximum absolute atomic E-state index is 14.2. The van der Waals surface area contributed by atoms with E-state index in [9.17, 15) is 151 Å². The van der Waals surface area contributed by atoms with Gasteiger partial charge in [-0.05, 0) is 126 Å². The van der Waals surface area contributed by atoms with Crippen molar-refractivity contribution in [1.29, 1.82) is 0 Å². The van der Waals surface area contributed by atoms with Crippen LogP contribution in [-0.2, 0) is 91.1 Å². The second kappa shape index (κ2) is 45.8. The van der Waals surface area contributed by atoms with Crippen LogP contribution in [-0.4, -0.2) is 181 Å². The number of anilines is 1. The molecule has 52 heteroatoms. The molecule has 7 aromatic carbocycles. The molecular formula is C74H79F18N7O19S8. The number of methoxy groups -OCH3 is 1. The molecule has 0 bridgehead atoms. The molecule has 1 saturated heterocycles. The molecule has 126 heavy (non-hydrogen) atoms. The van der Waals surface area contributed by atoms with E-state index in [1.165, 1.54) is 127 Å². The van der Waals surface area contributed by atoms with Crippen LogP contribution in [0.2, 0.25) is 0 Å². The number of nitrogens with two attached hydrogens (primary N) is 6. The minimum Gasteiger partial charge on any atom is -0.507 e. The Bertz CT molecular complexity index is 6040. The first kappa shape index (κ1) is 110. The largest absolute Gasteiger partial charge is 0.507 e. The number of aromatic hydroxyl groups is 1. The Balaban J connectivity index is 0.000000395. The van der Waals surface area contributed by atoms with Crippen molar-refractivity contribution in [2.45, 2.75) is 73.3 Å². The predicted octanol–water partition coefficient (Wildman–Crippen LogP) is 11.3. The van der Waals surface area contributed by atoms with Gasteiger partial charge < -0.3 is 53.9 Å². The number of benzene rings is 7. The molecule has 0 atom stereocenters. The summed E-state index contributed by atoms with van der Waals surface area (Å²) >= 11 is 0. The van der Waals surface area contributed by atoms with Gasteiger partial charge in [0.2, 0.25) is 9.84 Å². The summed E-state index contributed by atoms with van der Waals surface area (Å²) in [6.45, 7) is -3.60. The molecule has 0 spiro atoms. The average Bonchev–Trinajstić information content (AvgIpc) is 0.763. The highest BCUT2D eigenvalue weighted by atomic mass is 32.2. The Morgan fingerprint density at radius 3 is 1.13 bits per heavy atom. The van der Waals surface area contributed by atoms with E-state index in [2.05, 4.69) is 0 Å². The molecule has 0 saturated carbocycles. The first-order valence-electron chi connectivity index (χ1n) is 34.8. The number of alkyl halides is 12. The molecule has 0 aromatic heterocycles. The highest BCUT2D eigenvalue weighted by Gasteiger charge is 2.56. The molecular weight excluding hydrogens is 1890 g/mol. The minimum absolute atomic E-state index is 0.0401. The maximum atomic E-state index is 14.2. The lowest BCUT2D eigenvalue weighted by Gasteiger charge is -2.30. The van der Waals surface area contributed by atoms with Crippen molar-refractivity contribution in [2.24, 2.45) is 34.4 Å². The van der Waals surface area contributed by atoms with E-state index in [4.69, 9.17) is 43.9 Å². The van der Waals surface area contributed by atoms with Gasteiger partial charge in [0, 0.05) is 58.6 Å². The Morgan fingerprint density at radius 1 is 0.389 bits per heavy atom. The number of sulfone groups is 8. The summed E-state index contributed by atoms with van der Waals surface area (Å²) in [6.07, 6.45) is 2.88. The van der Waals surface area contributed by atoms with Crippen LogP contribution in [0, 0.1) is 0 Å². The van der Waals surface area contributed by atoms with Crippen LogP contribution in [0.5, 0.6) is 17.2 Å². The van der Waals surface area contributed by atoms with Gasteiger partial charge in [0.05, 0.1) is 49.6 Å². The van der Waals surface area contributed by atoms with Crippen LogP contribution in [0.3, 0.4) is 0 Å². The third-order valence-electron chi connectivity index (χ3n) is 16.0. The Morgan fingerprint density at radius 2 is 0.722 bits per heavy atom. The summed E-state index contributed by atoms with van der Waals surface area (Å²) in [6, 6.07) is 36.8. The Hall–Kier alpha value is -9.72. The number of para-hydroxylation sites is 3. The molecule has 1 aliphatic rings. The van der Waals surface area contributed by atoms with E-state index >= 15 is 0 Å². The van der Waals surface area contributed by atoms with Crippen molar-refractivity contribution in [1.82, 2.24) is 0 Å².